The van der Waals surface area contributed by atoms with Crippen LogP contribution >= 0.6 is 0 Å². The van der Waals surface area contributed by atoms with Crippen molar-refractivity contribution in [3.8, 4) is 0 Å². The Bertz CT molecular complexity index is 707. The minimum Gasteiger partial charge on any atom is -0.515 e. The van der Waals surface area contributed by atoms with E-state index in [0.717, 1.165) is 38.2 Å². The molecule has 6 atom stereocenters. The number of aliphatic hydroxyl groups is 2. The van der Waals surface area contributed by atoms with Gasteiger partial charge in [0.25, 0.3) is 0 Å². The lowest BCUT2D eigenvalue weighted by Crippen LogP contribution is -2.58. The maximum absolute atomic E-state index is 12.3. The number of ketones is 1. The number of carbonyl (C=O) groups is 2. The molecule has 2 N–H and O–H groups in total. The summed E-state index contributed by atoms with van der Waals surface area (Å²) >= 11 is 0. The third kappa shape index (κ3) is 2.35. The molecule has 0 bridgehead atoms. The number of fused-ring (bicyclic) bond motifs is 5. The van der Waals surface area contributed by atoms with E-state index in [-0.39, 0.29) is 17.1 Å². The van der Waals surface area contributed by atoms with Crippen molar-refractivity contribution in [2.75, 3.05) is 0 Å². The van der Waals surface area contributed by atoms with Crippen molar-refractivity contribution >= 4 is 11.8 Å². The van der Waals surface area contributed by atoms with Gasteiger partial charge in [0.15, 0.2) is 5.78 Å². The van der Waals surface area contributed by atoms with Crippen LogP contribution in [0.1, 0.15) is 58.8 Å². The molecule has 0 spiro atoms. The van der Waals surface area contributed by atoms with Gasteiger partial charge in [-0.25, -0.2) is 4.79 Å². The first-order valence-electron chi connectivity index (χ1n) is 9.75. The summed E-state index contributed by atoms with van der Waals surface area (Å²) in [6, 6.07) is 0. The largest absolute Gasteiger partial charge is 0.515 e. The lowest BCUT2D eigenvalue weighted by molar-refractivity contribution is -0.193. The molecule has 0 unspecified atom stereocenters. The van der Waals surface area contributed by atoms with Gasteiger partial charge >= 0.3 is 5.97 Å². The van der Waals surface area contributed by atoms with Gasteiger partial charge in [0.2, 0.25) is 0 Å². The maximum atomic E-state index is 12.3. The Kier molecular flexibility index (Phi) is 3.97. The summed E-state index contributed by atoms with van der Waals surface area (Å²) in [4.78, 5) is 24.4. The first kappa shape index (κ1) is 17.6. The number of carbonyl (C=O) groups excluding carboxylic acids is 2. The zero-order valence-corrected chi connectivity index (χ0v) is 15.5. The average molecular weight is 360 g/mol. The van der Waals surface area contributed by atoms with Crippen LogP contribution in [0.5, 0.6) is 0 Å². The summed E-state index contributed by atoms with van der Waals surface area (Å²) in [5, 5.41) is 18.9. The number of allylic oxidation sites excluding steroid dienone is 1. The van der Waals surface area contributed by atoms with Crippen molar-refractivity contribution in [3.63, 3.8) is 0 Å². The second-order valence-electron chi connectivity index (χ2n) is 9.21. The number of ether oxygens (including phenoxy) is 1. The fourth-order valence-corrected chi connectivity index (χ4v) is 6.61. The quantitative estimate of drug-likeness (QED) is 0.387. The van der Waals surface area contributed by atoms with E-state index in [4.69, 9.17) is 4.74 Å². The lowest BCUT2D eigenvalue weighted by atomic mass is 9.45. The number of aliphatic hydroxyl groups excluding tert-OH is 2. The highest BCUT2D eigenvalue weighted by molar-refractivity contribution is 5.96. The van der Waals surface area contributed by atoms with Crippen molar-refractivity contribution in [3.05, 3.63) is 23.7 Å². The summed E-state index contributed by atoms with van der Waals surface area (Å²) in [5.74, 6) is 1.12. The van der Waals surface area contributed by atoms with E-state index in [1.807, 2.05) is 6.92 Å². The Hall–Kier alpha value is -1.78. The van der Waals surface area contributed by atoms with Crippen molar-refractivity contribution in [2.45, 2.75) is 64.4 Å². The van der Waals surface area contributed by atoms with E-state index < -0.39 is 11.6 Å². The van der Waals surface area contributed by atoms with Crippen LogP contribution < -0.4 is 0 Å². The maximum Gasteiger partial charge on any atom is 0.337 e. The van der Waals surface area contributed by atoms with Gasteiger partial charge in [-0.1, -0.05) is 6.92 Å². The van der Waals surface area contributed by atoms with Crippen LogP contribution in [0.4, 0.5) is 0 Å². The zero-order valence-electron chi connectivity index (χ0n) is 15.5. The molecule has 0 aromatic rings. The monoisotopic (exact) mass is 360 g/mol. The van der Waals surface area contributed by atoms with Gasteiger partial charge in [0, 0.05) is 17.9 Å². The highest BCUT2D eigenvalue weighted by atomic mass is 16.6. The summed E-state index contributed by atoms with van der Waals surface area (Å²) in [5.41, 5.74) is 0.463. The van der Waals surface area contributed by atoms with Gasteiger partial charge in [-0.05, 0) is 68.6 Å². The highest BCUT2D eigenvalue weighted by Crippen LogP contribution is 2.63. The smallest absolute Gasteiger partial charge is 0.337 e. The van der Waals surface area contributed by atoms with Gasteiger partial charge in [-0.15, -0.1) is 0 Å². The molecule has 4 rings (SSSR count). The molecule has 5 heteroatoms. The van der Waals surface area contributed by atoms with Gasteiger partial charge in [-0.2, -0.15) is 0 Å². The topological polar surface area (TPSA) is 83.8 Å². The molecular formula is C21H28O5. The third-order valence-electron chi connectivity index (χ3n) is 8.10. The first-order valence-corrected chi connectivity index (χ1v) is 9.75. The Morgan fingerprint density at radius 3 is 2.42 bits per heavy atom. The van der Waals surface area contributed by atoms with E-state index in [1.54, 1.807) is 0 Å². The summed E-state index contributed by atoms with van der Waals surface area (Å²) in [6.45, 7) is 4.32. The van der Waals surface area contributed by atoms with Crippen molar-refractivity contribution in [2.24, 2.45) is 29.1 Å². The molecule has 3 saturated carbocycles. The number of esters is 1. The van der Waals surface area contributed by atoms with E-state index in [1.165, 1.54) is 0 Å². The Morgan fingerprint density at radius 2 is 1.73 bits per heavy atom. The number of Topliss-reactive ketones (excluding diaryl/α,β-unsaturated/α-hetero) is 1. The molecule has 3 aliphatic carbocycles. The molecular weight excluding hydrogens is 332 g/mol. The third-order valence-corrected chi connectivity index (χ3v) is 8.10. The van der Waals surface area contributed by atoms with E-state index in [0.29, 0.717) is 48.2 Å². The number of hydrogen-bond donors (Lipinski definition) is 2. The predicted octanol–water partition coefficient (Wildman–Crippen LogP) is 4.00. The van der Waals surface area contributed by atoms with Crippen molar-refractivity contribution in [1.82, 2.24) is 0 Å². The number of rotatable bonds is 0. The molecule has 26 heavy (non-hydrogen) atoms. The van der Waals surface area contributed by atoms with E-state index in [9.17, 15) is 19.8 Å². The van der Waals surface area contributed by atoms with Gasteiger partial charge < -0.3 is 14.9 Å². The minimum absolute atomic E-state index is 0.00271. The SMILES string of the molecule is C[C@]12C/C(=C\O)C(=O)C[C@@H]1CC[C@H]1[C@H]2CC[C@@]2(C)OC(=O)/C(=C/O)C[C@@H]12. The molecule has 4 fully saturated rings. The van der Waals surface area contributed by atoms with Crippen LogP contribution in [-0.2, 0) is 14.3 Å². The first-order chi connectivity index (χ1) is 12.3. The second kappa shape index (κ2) is 5.86. The summed E-state index contributed by atoms with van der Waals surface area (Å²) in [7, 11) is 0. The van der Waals surface area contributed by atoms with Crippen LogP contribution in [0.3, 0.4) is 0 Å². The Balaban J connectivity index is 1.67. The highest BCUT2D eigenvalue weighted by Gasteiger charge is 2.60. The zero-order chi connectivity index (χ0) is 18.7. The van der Waals surface area contributed by atoms with Crippen LogP contribution in [-0.4, -0.2) is 27.6 Å². The molecule has 4 aliphatic rings. The standard InChI is InChI=1S/C21H28O5/c1-20-9-13(11-23)18(24)8-14(20)3-4-15-16(20)5-6-21(2)17(15)7-12(10-22)19(25)26-21/h10-11,14-17,22-23H,3-9H2,1-2H3/b12-10+,13-11+/t14-,15-,16+,17-,20-,21+/m0/s1. The van der Waals surface area contributed by atoms with Gasteiger partial charge in [0.05, 0.1) is 18.1 Å². The van der Waals surface area contributed by atoms with Crippen LogP contribution in [0.15, 0.2) is 23.7 Å². The molecule has 0 aromatic carbocycles. The van der Waals surface area contributed by atoms with Crippen LogP contribution in [0.25, 0.3) is 0 Å². The molecule has 0 radical (unpaired) electrons. The minimum atomic E-state index is -0.464. The summed E-state index contributed by atoms with van der Waals surface area (Å²) < 4.78 is 5.79. The fourth-order valence-electron chi connectivity index (χ4n) is 6.61. The normalized spacial score (nSPS) is 48.5. The lowest BCUT2D eigenvalue weighted by Gasteiger charge is -2.61. The molecule has 142 valence electrons. The summed E-state index contributed by atoms with van der Waals surface area (Å²) in [6.07, 6.45) is 7.48. The van der Waals surface area contributed by atoms with Crippen LogP contribution in [0.2, 0.25) is 0 Å². The Morgan fingerprint density at radius 1 is 1.00 bits per heavy atom. The van der Waals surface area contributed by atoms with E-state index >= 15 is 0 Å². The second-order valence-corrected chi connectivity index (χ2v) is 9.21. The van der Waals surface area contributed by atoms with Crippen LogP contribution in [0, 0.1) is 29.1 Å². The molecule has 1 saturated heterocycles. The van der Waals surface area contributed by atoms with Crippen molar-refractivity contribution < 1.29 is 24.5 Å². The Labute approximate surface area is 154 Å². The van der Waals surface area contributed by atoms with Gasteiger partial charge in [-0.3, -0.25) is 4.79 Å². The molecule has 0 aromatic heterocycles. The fraction of sp³-hybridized carbons (Fsp3) is 0.714. The van der Waals surface area contributed by atoms with Crippen molar-refractivity contribution in [1.29, 1.82) is 0 Å². The molecule has 1 heterocycles. The average Bonchev–Trinajstić information content (AvgIpc) is 2.60. The molecule has 0 amide bonds. The molecule has 1 aliphatic heterocycles. The molecule has 5 nitrogen and oxygen atoms in total. The number of hydrogen-bond acceptors (Lipinski definition) is 5. The van der Waals surface area contributed by atoms with Gasteiger partial charge in [0.1, 0.15) is 5.60 Å². The van der Waals surface area contributed by atoms with E-state index in [2.05, 4.69) is 6.92 Å². The predicted molar refractivity (Wildman–Crippen MR) is 95.3 cm³/mol.